The Labute approximate surface area is 90.7 Å². The van der Waals surface area contributed by atoms with Crippen molar-refractivity contribution in [2.24, 2.45) is 0 Å². The Morgan fingerprint density at radius 2 is 1.78 bits per heavy atom. The second-order valence-corrected chi connectivity index (χ2v) is 1.61. The van der Waals surface area contributed by atoms with Gasteiger partial charge in [0, 0.05) is 55.5 Å². The van der Waals surface area contributed by atoms with E-state index >= 15 is 0 Å². The van der Waals surface area contributed by atoms with Gasteiger partial charge in [0.25, 0.3) is 0 Å². The summed E-state index contributed by atoms with van der Waals surface area (Å²) in [7, 11) is 1.68. The number of hydrogen-bond donors (Lipinski definition) is 0. The first-order valence-electron chi connectivity index (χ1n) is 2.98. The maximum absolute atomic E-state index is 5.10. The van der Waals surface area contributed by atoms with Gasteiger partial charge in [-0.3, -0.25) is 0 Å². The van der Waals surface area contributed by atoms with Crippen molar-refractivity contribution in [3.8, 4) is 0 Å². The SMILES string of the molecule is CCCOCCOC.[Ce]. The van der Waals surface area contributed by atoms with Crippen LogP contribution in [0.25, 0.3) is 0 Å². The molecule has 0 N–H and O–H groups in total. The van der Waals surface area contributed by atoms with Crippen LogP contribution in [0.5, 0.6) is 0 Å². The molecule has 0 amide bonds. The molecule has 0 atom stereocenters. The van der Waals surface area contributed by atoms with Crippen molar-refractivity contribution < 1.29 is 51.2 Å². The molecule has 9 heavy (non-hydrogen) atoms. The van der Waals surface area contributed by atoms with E-state index in [4.69, 9.17) is 9.47 Å². The normalized spacial score (nSPS) is 8.67. The third-order valence-electron chi connectivity index (χ3n) is 0.780. The number of ether oxygens (including phenoxy) is 2. The molecule has 0 radical (unpaired) electrons. The van der Waals surface area contributed by atoms with Gasteiger partial charge in [0.15, 0.2) is 0 Å². The summed E-state index contributed by atoms with van der Waals surface area (Å²) in [5.41, 5.74) is 0. The molecule has 0 saturated carbocycles. The molecule has 0 heterocycles. The third-order valence-corrected chi connectivity index (χ3v) is 0.780. The maximum atomic E-state index is 5.10. The largest absolute Gasteiger partial charge is 0.382 e. The summed E-state index contributed by atoms with van der Waals surface area (Å²) >= 11 is 0. The van der Waals surface area contributed by atoms with Crippen molar-refractivity contribution in [2.45, 2.75) is 13.3 Å². The first kappa shape index (κ1) is 12.9. The third kappa shape index (κ3) is 12.5. The standard InChI is InChI=1S/C6H14O2.Ce/c1-3-4-8-6-5-7-2;/h3-6H2,1-2H3;. The summed E-state index contributed by atoms with van der Waals surface area (Å²) < 4.78 is 9.86. The van der Waals surface area contributed by atoms with Gasteiger partial charge in [-0.2, -0.15) is 0 Å². The van der Waals surface area contributed by atoms with E-state index in [1.165, 1.54) is 0 Å². The van der Waals surface area contributed by atoms with E-state index in [1.54, 1.807) is 7.11 Å². The first-order valence-corrected chi connectivity index (χ1v) is 2.98. The summed E-state index contributed by atoms with van der Waals surface area (Å²) in [6.07, 6.45) is 1.09. The molecule has 3 heteroatoms. The van der Waals surface area contributed by atoms with E-state index in [-0.39, 0.29) is 41.7 Å². The Bertz CT molecular complexity index is 36.0. The van der Waals surface area contributed by atoms with Gasteiger partial charge in [0.05, 0.1) is 13.2 Å². The fraction of sp³-hybridized carbons (Fsp3) is 1.00. The minimum atomic E-state index is 0. The van der Waals surface area contributed by atoms with Crippen LogP contribution in [0.2, 0.25) is 0 Å². The zero-order chi connectivity index (χ0) is 6.24. The Morgan fingerprint density at radius 1 is 1.11 bits per heavy atom. The van der Waals surface area contributed by atoms with E-state index in [0.717, 1.165) is 19.6 Å². The van der Waals surface area contributed by atoms with Crippen LogP contribution in [-0.2, 0) is 9.47 Å². The zero-order valence-corrected chi connectivity index (χ0v) is 9.28. The van der Waals surface area contributed by atoms with Crippen LogP contribution in [0.3, 0.4) is 0 Å². The first-order chi connectivity index (χ1) is 3.91. The fourth-order valence-electron chi connectivity index (χ4n) is 0.389. The molecule has 0 aromatic heterocycles. The van der Waals surface area contributed by atoms with Gasteiger partial charge < -0.3 is 9.47 Å². The quantitative estimate of drug-likeness (QED) is 0.687. The van der Waals surface area contributed by atoms with Crippen molar-refractivity contribution in [1.82, 2.24) is 0 Å². The van der Waals surface area contributed by atoms with Gasteiger partial charge in [-0.1, -0.05) is 6.92 Å². The van der Waals surface area contributed by atoms with E-state index in [9.17, 15) is 0 Å². The Hall–Kier alpha value is 1.30. The van der Waals surface area contributed by atoms with Crippen LogP contribution in [-0.4, -0.2) is 26.9 Å². The van der Waals surface area contributed by atoms with Crippen LogP contribution >= 0.6 is 0 Å². The monoisotopic (exact) mass is 258 g/mol. The topological polar surface area (TPSA) is 18.5 Å². The van der Waals surface area contributed by atoms with Crippen LogP contribution in [0, 0.1) is 41.7 Å². The van der Waals surface area contributed by atoms with Gasteiger partial charge in [-0.15, -0.1) is 0 Å². The van der Waals surface area contributed by atoms with Gasteiger partial charge in [0.2, 0.25) is 0 Å². The van der Waals surface area contributed by atoms with E-state index in [1.807, 2.05) is 0 Å². The van der Waals surface area contributed by atoms with Gasteiger partial charge in [0.1, 0.15) is 0 Å². The van der Waals surface area contributed by atoms with E-state index in [2.05, 4.69) is 6.92 Å². The molecule has 0 unspecified atom stereocenters. The molecule has 0 aliphatic heterocycles. The minimum absolute atomic E-state index is 0. The van der Waals surface area contributed by atoms with Crippen molar-refractivity contribution >= 4 is 0 Å². The molecule has 0 rings (SSSR count). The van der Waals surface area contributed by atoms with Crippen molar-refractivity contribution in [2.75, 3.05) is 26.9 Å². The van der Waals surface area contributed by atoms with Crippen molar-refractivity contribution in [3.63, 3.8) is 0 Å². The molecule has 0 aliphatic carbocycles. The van der Waals surface area contributed by atoms with Gasteiger partial charge in [-0.25, -0.2) is 0 Å². The summed E-state index contributed by atoms with van der Waals surface area (Å²) in [5.74, 6) is 0. The predicted molar refractivity (Wildman–Crippen MR) is 33.0 cm³/mol. The summed E-state index contributed by atoms with van der Waals surface area (Å²) in [5, 5.41) is 0. The summed E-state index contributed by atoms with van der Waals surface area (Å²) in [6, 6.07) is 0. The Kier molecular flexibility index (Phi) is 17.3. The molecule has 0 spiro atoms. The molecule has 0 aromatic rings. The van der Waals surface area contributed by atoms with E-state index in [0.29, 0.717) is 6.61 Å². The molecule has 0 saturated heterocycles. The second kappa shape index (κ2) is 12.0. The van der Waals surface area contributed by atoms with Crippen molar-refractivity contribution in [3.05, 3.63) is 0 Å². The van der Waals surface area contributed by atoms with Gasteiger partial charge in [-0.05, 0) is 6.42 Å². The molecule has 54 valence electrons. The molecular weight excluding hydrogens is 244 g/mol. The minimum Gasteiger partial charge on any atom is -0.382 e. The van der Waals surface area contributed by atoms with Crippen molar-refractivity contribution in [1.29, 1.82) is 0 Å². The van der Waals surface area contributed by atoms with E-state index < -0.39 is 0 Å². The van der Waals surface area contributed by atoms with Crippen LogP contribution in [0.15, 0.2) is 0 Å². The molecule has 0 aliphatic rings. The summed E-state index contributed by atoms with van der Waals surface area (Å²) in [4.78, 5) is 0. The average Bonchev–Trinajstić information content (AvgIpc) is 1.81. The maximum Gasteiger partial charge on any atom is 0.0700 e. The van der Waals surface area contributed by atoms with Crippen LogP contribution in [0.4, 0.5) is 0 Å². The molecule has 0 aromatic carbocycles. The molecule has 2 nitrogen and oxygen atoms in total. The fourth-order valence-corrected chi connectivity index (χ4v) is 0.389. The number of rotatable bonds is 5. The second-order valence-electron chi connectivity index (χ2n) is 1.61. The Balaban J connectivity index is 0. The zero-order valence-electron chi connectivity index (χ0n) is 6.14. The smallest absolute Gasteiger partial charge is 0.0700 e. The van der Waals surface area contributed by atoms with Gasteiger partial charge >= 0.3 is 0 Å². The van der Waals surface area contributed by atoms with Crippen LogP contribution < -0.4 is 0 Å². The molecule has 0 fully saturated rings. The number of methoxy groups -OCH3 is 1. The molecular formula is C6H14CeO2. The van der Waals surface area contributed by atoms with Crippen LogP contribution in [0.1, 0.15) is 13.3 Å². The Morgan fingerprint density at radius 3 is 2.22 bits per heavy atom. The summed E-state index contributed by atoms with van der Waals surface area (Å²) in [6.45, 7) is 4.38. The average molecular weight is 258 g/mol. The molecule has 0 bridgehead atoms. The predicted octanol–water partition coefficient (Wildman–Crippen LogP) is 1.06. The number of hydrogen-bond acceptors (Lipinski definition) is 2.